The van der Waals surface area contributed by atoms with E-state index in [0.29, 0.717) is 23.1 Å². The predicted molar refractivity (Wildman–Crippen MR) is 158 cm³/mol. The summed E-state index contributed by atoms with van der Waals surface area (Å²) in [7, 11) is -3.75. The lowest BCUT2D eigenvalue weighted by Gasteiger charge is -2.21. The van der Waals surface area contributed by atoms with Crippen LogP contribution in [0.3, 0.4) is 0 Å². The second-order valence-corrected chi connectivity index (χ2v) is 12.6. The van der Waals surface area contributed by atoms with Crippen LogP contribution < -0.4 is 10.9 Å². The highest BCUT2D eigenvalue weighted by Crippen LogP contribution is 2.36. The number of rotatable bonds is 10. The van der Waals surface area contributed by atoms with Crippen LogP contribution in [-0.2, 0) is 39.7 Å². The van der Waals surface area contributed by atoms with Crippen LogP contribution in [0.2, 0.25) is 0 Å². The van der Waals surface area contributed by atoms with E-state index >= 15 is 0 Å². The Bertz CT molecular complexity index is 1890. The van der Waals surface area contributed by atoms with Crippen LogP contribution in [0.1, 0.15) is 46.1 Å². The summed E-state index contributed by atoms with van der Waals surface area (Å²) in [6.07, 6.45) is -7.73. The first-order valence-corrected chi connectivity index (χ1v) is 15.7. The summed E-state index contributed by atoms with van der Waals surface area (Å²) in [5, 5.41) is 2.70. The normalized spacial score (nSPS) is 13.2. The Hall–Kier alpha value is -4.24. The molecule has 0 aliphatic heterocycles. The van der Waals surface area contributed by atoms with Gasteiger partial charge in [0, 0.05) is 30.2 Å². The van der Waals surface area contributed by atoms with Gasteiger partial charge < -0.3 is 9.88 Å². The molecule has 46 heavy (non-hydrogen) atoms. The number of fused-ring (bicyclic) bond motifs is 1. The minimum atomic E-state index is -5.08. The van der Waals surface area contributed by atoms with Crippen LogP contribution in [0.25, 0.3) is 22.0 Å². The average molecular weight is 670 g/mol. The number of amides is 1. The molecule has 0 bridgehead atoms. The first-order chi connectivity index (χ1) is 21.3. The fourth-order valence-corrected chi connectivity index (χ4v) is 5.27. The molecule has 1 amide bonds. The van der Waals surface area contributed by atoms with Crippen molar-refractivity contribution in [3.05, 3.63) is 99.1 Å². The molecule has 2 aromatic heterocycles. The predicted octanol–water partition coefficient (Wildman–Crippen LogP) is 6.34. The van der Waals surface area contributed by atoms with E-state index in [1.165, 1.54) is 6.20 Å². The van der Waals surface area contributed by atoms with Crippen LogP contribution >= 0.6 is 0 Å². The van der Waals surface area contributed by atoms with Crippen molar-refractivity contribution < 1.29 is 43.7 Å². The highest BCUT2D eigenvalue weighted by molar-refractivity contribution is 7.85. The van der Waals surface area contributed by atoms with Crippen LogP contribution in [-0.4, -0.2) is 36.7 Å². The van der Waals surface area contributed by atoms with E-state index in [1.54, 1.807) is 43.3 Å². The van der Waals surface area contributed by atoms with Crippen molar-refractivity contribution >= 4 is 26.9 Å². The number of benzene rings is 2. The topological polar surface area (TPSA) is 107 Å². The zero-order valence-electron chi connectivity index (χ0n) is 24.8. The standard InChI is InChI=1S/C31H29F6N3O5S/c1-18-6-8-21(9-7-18)25-24-5-4-11-38-26(24)29(42)40(12-10-19(2)17-45-46(3,43)44)27(25)28(41)39-16-20-13-22(30(32,33)34)15-23(14-20)31(35,36)37/h4-9,11,13-15,19H,10,12,16-17H2,1-3H3,(H,39,41)/t19-/m1/s1. The maximum Gasteiger partial charge on any atom is 0.416 e. The van der Waals surface area contributed by atoms with Crippen LogP contribution in [0.4, 0.5) is 26.3 Å². The molecule has 0 saturated heterocycles. The van der Waals surface area contributed by atoms with Crippen molar-refractivity contribution in [1.82, 2.24) is 14.9 Å². The van der Waals surface area contributed by atoms with Crippen molar-refractivity contribution in [3.63, 3.8) is 0 Å². The highest BCUT2D eigenvalue weighted by Gasteiger charge is 2.37. The number of nitrogens with one attached hydrogen (secondary N) is 1. The molecule has 1 N–H and O–H groups in total. The molecule has 1 atom stereocenters. The number of aromatic nitrogens is 2. The third-order valence-corrected chi connectivity index (χ3v) is 7.66. The van der Waals surface area contributed by atoms with E-state index in [0.717, 1.165) is 16.4 Å². The molecule has 0 aliphatic rings. The number of carbonyl (C=O) groups excluding carboxylic acids is 1. The molecule has 0 spiro atoms. The molecular weight excluding hydrogens is 640 g/mol. The van der Waals surface area contributed by atoms with Crippen LogP contribution in [0, 0.1) is 12.8 Å². The lowest BCUT2D eigenvalue weighted by atomic mass is 9.96. The minimum absolute atomic E-state index is 0.0104. The Morgan fingerprint density at radius 1 is 1.00 bits per heavy atom. The molecule has 2 aromatic carbocycles. The van der Waals surface area contributed by atoms with Gasteiger partial charge in [0.2, 0.25) is 0 Å². The summed E-state index contributed by atoms with van der Waals surface area (Å²) >= 11 is 0. The van der Waals surface area contributed by atoms with Gasteiger partial charge in [0.15, 0.2) is 0 Å². The Morgan fingerprint density at radius 3 is 2.17 bits per heavy atom. The monoisotopic (exact) mass is 669 g/mol. The van der Waals surface area contributed by atoms with Gasteiger partial charge in [-0.05, 0) is 54.7 Å². The van der Waals surface area contributed by atoms with Crippen molar-refractivity contribution in [3.8, 4) is 11.1 Å². The summed E-state index contributed by atoms with van der Waals surface area (Å²) in [5.74, 6) is -1.35. The number of nitrogens with zero attached hydrogens (tertiary/aromatic N) is 2. The van der Waals surface area contributed by atoms with Gasteiger partial charge in [-0.25, -0.2) is 0 Å². The second kappa shape index (κ2) is 13.2. The van der Waals surface area contributed by atoms with E-state index < -0.39 is 63.1 Å². The van der Waals surface area contributed by atoms with Crippen LogP contribution in [0.5, 0.6) is 0 Å². The highest BCUT2D eigenvalue weighted by atomic mass is 32.2. The number of hydrogen-bond donors (Lipinski definition) is 1. The minimum Gasteiger partial charge on any atom is -0.347 e. The number of halogens is 6. The molecule has 0 aliphatic carbocycles. The van der Waals surface area contributed by atoms with Gasteiger partial charge in [-0.1, -0.05) is 42.8 Å². The molecule has 15 heteroatoms. The summed E-state index contributed by atoms with van der Waals surface area (Å²) in [6.45, 7) is 2.45. The van der Waals surface area contributed by atoms with E-state index in [4.69, 9.17) is 4.18 Å². The molecule has 0 unspecified atom stereocenters. The number of aryl methyl sites for hydroxylation is 1. The number of pyridine rings is 2. The zero-order valence-corrected chi connectivity index (χ0v) is 25.6. The maximum atomic E-state index is 13.9. The van der Waals surface area contributed by atoms with Crippen LogP contribution in [0.15, 0.2) is 65.6 Å². The smallest absolute Gasteiger partial charge is 0.347 e. The summed E-state index contributed by atoms with van der Waals surface area (Å²) in [5.41, 5.74) is -2.75. The first kappa shape index (κ1) is 34.6. The lowest BCUT2D eigenvalue weighted by molar-refractivity contribution is -0.143. The zero-order chi connectivity index (χ0) is 34.0. The van der Waals surface area contributed by atoms with Crippen molar-refractivity contribution in [2.24, 2.45) is 5.92 Å². The maximum absolute atomic E-state index is 13.9. The number of hydrogen-bond acceptors (Lipinski definition) is 6. The third-order valence-electron chi connectivity index (χ3n) is 7.10. The molecular formula is C31H29F6N3O5S. The van der Waals surface area contributed by atoms with Gasteiger partial charge in [-0.2, -0.15) is 34.8 Å². The van der Waals surface area contributed by atoms with Gasteiger partial charge in [0.05, 0.1) is 24.0 Å². The Labute approximate surface area is 260 Å². The lowest BCUT2D eigenvalue weighted by Crippen LogP contribution is -2.34. The van der Waals surface area contributed by atoms with E-state index in [-0.39, 0.29) is 42.4 Å². The van der Waals surface area contributed by atoms with Gasteiger partial charge >= 0.3 is 12.4 Å². The molecule has 4 rings (SSSR count). The number of carbonyl (C=O) groups is 1. The van der Waals surface area contributed by atoms with Crippen molar-refractivity contribution in [2.75, 3.05) is 12.9 Å². The van der Waals surface area contributed by atoms with E-state index in [2.05, 4.69) is 10.3 Å². The number of alkyl halides is 6. The van der Waals surface area contributed by atoms with Gasteiger partial charge in [-0.3, -0.25) is 18.8 Å². The van der Waals surface area contributed by atoms with Gasteiger partial charge in [0.1, 0.15) is 11.2 Å². The second-order valence-electron chi connectivity index (χ2n) is 10.9. The van der Waals surface area contributed by atoms with Crippen molar-refractivity contribution in [1.29, 1.82) is 0 Å². The summed E-state index contributed by atoms with van der Waals surface area (Å²) in [4.78, 5) is 31.9. The van der Waals surface area contributed by atoms with Gasteiger partial charge in [0.25, 0.3) is 21.6 Å². The quantitative estimate of drug-likeness (QED) is 0.156. The molecule has 246 valence electrons. The molecule has 0 saturated carbocycles. The Kier molecular flexibility index (Phi) is 9.97. The third kappa shape index (κ3) is 8.31. The average Bonchev–Trinajstić information content (AvgIpc) is 2.97. The fraction of sp³-hybridized carbons (Fsp3) is 0.323. The molecule has 8 nitrogen and oxygen atoms in total. The molecule has 0 radical (unpaired) electrons. The SMILES string of the molecule is Cc1ccc(-c2c(C(=O)NCc3cc(C(F)(F)F)cc(C(F)(F)F)c3)n(CC[C@@H](C)COS(C)(=O)=O)c(=O)c3ncccc23)cc1. The van der Waals surface area contributed by atoms with Crippen molar-refractivity contribution in [2.45, 2.75) is 45.7 Å². The van der Waals surface area contributed by atoms with Gasteiger partial charge in [-0.15, -0.1) is 0 Å². The largest absolute Gasteiger partial charge is 0.416 e. The molecule has 2 heterocycles. The molecule has 4 aromatic rings. The fourth-order valence-electron chi connectivity index (χ4n) is 4.79. The summed E-state index contributed by atoms with van der Waals surface area (Å²) in [6, 6.07) is 11.1. The van der Waals surface area contributed by atoms with E-state index in [1.807, 2.05) is 6.92 Å². The van der Waals surface area contributed by atoms with E-state index in [9.17, 15) is 44.3 Å². The molecule has 0 fully saturated rings. The summed E-state index contributed by atoms with van der Waals surface area (Å²) < 4.78 is 110. The Morgan fingerprint density at radius 2 is 1.61 bits per heavy atom. The first-order valence-electron chi connectivity index (χ1n) is 13.8. The Balaban J connectivity index is 1.84.